The van der Waals surface area contributed by atoms with Crippen LogP contribution in [0.5, 0.6) is 0 Å². The molecule has 0 heterocycles. The lowest BCUT2D eigenvalue weighted by Gasteiger charge is -2.34. The van der Waals surface area contributed by atoms with Gasteiger partial charge < -0.3 is 0 Å². The molecular weight excluding hydrogens is 180 g/mol. The van der Waals surface area contributed by atoms with E-state index in [-0.39, 0.29) is 0 Å². The lowest BCUT2D eigenvalue weighted by atomic mass is 9.71. The van der Waals surface area contributed by atoms with Gasteiger partial charge in [-0.25, -0.2) is 0 Å². The Bertz CT molecular complexity index is 300. The molecule has 1 aliphatic rings. The highest BCUT2D eigenvalue weighted by molar-refractivity contribution is 5.27. The van der Waals surface area contributed by atoms with Crippen LogP contribution in [0.3, 0.4) is 0 Å². The minimum absolute atomic E-state index is 0.403. The largest absolute Gasteiger partial charge is 0.0988 e. The van der Waals surface area contributed by atoms with E-state index in [0.717, 1.165) is 6.42 Å². The van der Waals surface area contributed by atoms with Crippen molar-refractivity contribution in [1.82, 2.24) is 0 Å². The molecule has 0 aromatic heterocycles. The predicted molar refractivity (Wildman–Crippen MR) is 68.9 cm³/mol. The third-order valence-corrected chi connectivity index (χ3v) is 3.64. The first-order chi connectivity index (χ1) is 6.97. The molecule has 0 radical (unpaired) electrons. The van der Waals surface area contributed by atoms with Crippen molar-refractivity contribution in [3.8, 4) is 0 Å². The zero-order chi connectivity index (χ0) is 11.5. The third kappa shape index (κ3) is 3.09. The van der Waals surface area contributed by atoms with Crippen LogP contribution in [0.25, 0.3) is 0 Å². The first kappa shape index (κ1) is 12.3. The van der Waals surface area contributed by atoms with Crippen LogP contribution in [0.2, 0.25) is 0 Å². The molecule has 0 spiro atoms. The van der Waals surface area contributed by atoms with Gasteiger partial charge >= 0.3 is 0 Å². The van der Waals surface area contributed by atoms with Crippen LogP contribution in [-0.4, -0.2) is 0 Å². The fraction of sp³-hybridized carbons (Fsp3) is 0.600. The van der Waals surface area contributed by atoms with Crippen molar-refractivity contribution >= 4 is 0 Å². The summed E-state index contributed by atoms with van der Waals surface area (Å²) in [7, 11) is 0. The normalized spacial score (nSPS) is 21.7. The zero-order valence-corrected chi connectivity index (χ0v) is 10.7. The molecule has 0 nitrogen and oxygen atoms in total. The monoisotopic (exact) mass is 204 g/mol. The van der Waals surface area contributed by atoms with E-state index in [2.05, 4.69) is 40.3 Å². The molecule has 0 aromatic carbocycles. The van der Waals surface area contributed by atoms with E-state index in [4.69, 9.17) is 0 Å². The van der Waals surface area contributed by atoms with Crippen LogP contribution in [0.15, 0.2) is 35.5 Å². The van der Waals surface area contributed by atoms with E-state index in [1.54, 1.807) is 11.1 Å². The van der Waals surface area contributed by atoms with Gasteiger partial charge in [-0.2, -0.15) is 0 Å². The van der Waals surface area contributed by atoms with Crippen LogP contribution in [-0.2, 0) is 0 Å². The van der Waals surface area contributed by atoms with Gasteiger partial charge in [0, 0.05) is 0 Å². The average Bonchev–Trinajstić information content (AvgIpc) is 2.15. The van der Waals surface area contributed by atoms with Crippen LogP contribution in [0.4, 0.5) is 0 Å². The van der Waals surface area contributed by atoms with Gasteiger partial charge in [-0.3, -0.25) is 0 Å². The fourth-order valence-electron chi connectivity index (χ4n) is 2.47. The molecule has 0 aliphatic heterocycles. The number of rotatable bonds is 3. The minimum atomic E-state index is 0.403. The third-order valence-electron chi connectivity index (χ3n) is 3.64. The second kappa shape index (κ2) is 4.83. The SMILES string of the molecule is C=C/C(C)=C/CC1=C(C)CCCC1(C)C. The highest BCUT2D eigenvalue weighted by Crippen LogP contribution is 2.41. The minimum Gasteiger partial charge on any atom is -0.0988 e. The summed E-state index contributed by atoms with van der Waals surface area (Å²) in [5.74, 6) is 0. The zero-order valence-electron chi connectivity index (χ0n) is 10.7. The van der Waals surface area contributed by atoms with Gasteiger partial charge in [0.15, 0.2) is 0 Å². The van der Waals surface area contributed by atoms with E-state index in [0.29, 0.717) is 5.41 Å². The Morgan fingerprint density at radius 3 is 2.67 bits per heavy atom. The number of hydrogen-bond donors (Lipinski definition) is 0. The molecule has 0 heteroatoms. The van der Waals surface area contributed by atoms with Crippen molar-refractivity contribution in [2.45, 2.75) is 53.4 Å². The van der Waals surface area contributed by atoms with E-state index in [1.807, 2.05) is 6.08 Å². The summed E-state index contributed by atoms with van der Waals surface area (Å²) < 4.78 is 0. The summed E-state index contributed by atoms with van der Waals surface area (Å²) in [6.45, 7) is 13.0. The van der Waals surface area contributed by atoms with Gasteiger partial charge in [0.05, 0.1) is 0 Å². The standard InChI is InChI=1S/C15H24/c1-6-12(2)9-10-14-13(3)8-7-11-15(14,4)5/h6,9H,1,7-8,10-11H2,2-5H3/b12-9+. The summed E-state index contributed by atoms with van der Waals surface area (Å²) >= 11 is 0. The molecule has 0 saturated heterocycles. The summed E-state index contributed by atoms with van der Waals surface area (Å²) in [4.78, 5) is 0. The van der Waals surface area contributed by atoms with Crippen molar-refractivity contribution in [1.29, 1.82) is 0 Å². The summed E-state index contributed by atoms with van der Waals surface area (Å²) in [5.41, 5.74) is 4.95. The van der Waals surface area contributed by atoms with Gasteiger partial charge in [0.25, 0.3) is 0 Å². The van der Waals surface area contributed by atoms with Crippen LogP contribution in [0, 0.1) is 5.41 Å². The lowest BCUT2D eigenvalue weighted by molar-refractivity contribution is 0.360. The van der Waals surface area contributed by atoms with Gasteiger partial charge in [-0.05, 0) is 44.9 Å². The maximum Gasteiger partial charge on any atom is -0.0125 e. The van der Waals surface area contributed by atoms with Crippen molar-refractivity contribution in [3.63, 3.8) is 0 Å². The summed E-state index contributed by atoms with van der Waals surface area (Å²) in [6.07, 6.45) is 9.33. The molecule has 0 atom stereocenters. The molecule has 0 fully saturated rings. The molecule has 1 aliphatic carbocycles. The summed E-state index contributed by atoms with van der Waals surface area (Å²) in [6, 6.07) is 0. The summed E-state index contributed by atoms with van der Waals surface area (Å²) in [5, 5.41) is 0. The maximum absolute atomic E-state index is 3.80. The first-order valence-corrected chi connectivity index (χ1v) is 5.95. The second-order valence-electron chi connectivity index (χ2n) is 5.35. The Morgan fingerprint density at radius 2 is 2.13 bits per heavy atom. The van der Waals surface area contributed by atoms with Gasteiger partial charge in [-0.15, -0.1) is 0 Å². The van der Waals surface area contributed by atoms with Crippen molar-refractivity contribution < 1.29 is 0 Å². The smallest absolute Gasteiger partial charge is 0.0125 e. The Kier molecular flexibility index (Phi) is 3.96. The number of hydrogen-bond acceptors (Lipinski definition) is 0. The molecule has 84 valence electrons. The molecule has 0 amide bonds. The predicted octanol–water partition coefficient (Wildman–Crippen LogP) is 5.04. The molecule has 0 bridgehead atoms. The quantitative estimate of drug-likeness (QED) is 0.446. The number of allylic oxidation sites excluding steroid dienone is 5. The molecule has 0 unspecified atom stereocenters. The molecular formula is C15H24. The van der Waals surface area contributed by atoms with Crippen molar-refractivity contribution in [2.75, 3.05) is 0 Å². The van der Waals surface area contributed by atoms with E-state index in [1.165, 1.54) is 24.8 Å². The highest BCUT2D eigenvalue weighted by atomic mass is 14.3. The van der Waals surface area contributed by atoms with Gasteiger partial charge in [0.1, 0.15) is 0 Å². The van der Waals surface area contributed by atoms with Crippen molar-refractivity contribution in [3.05, 3.63) is 35.5 Å². The fourth-order valence-corrected chi connectivity index (χ4v) is 2.47. The average molecular weight is 204 g/mol. The maximum atomic E-state index is 3.80. The Hall–Kier alpha value is -0.780. The van der Waals surface area contributed by atoms with E-state index in [9.17, 15) is 0 Å². The van der Waals surface area contributed by atoms with Gasteiger partial charge in [-0.1, -0.05) is 49.3 Å². The Balaban J connectivity index is 2.85. The van der Waals surface area contributed by atoms with Crippen LogP contribution >= 0.6 is 0 Å². The van der Waals surface area contributed by atoms with E-state index < -0.39 is 0 Å². The van der Waals surface area contributed by atoms with Crippen molar-refractivity contribution in [2.24, 2.45) is 5.41 Å². The Labute approximate surface area is 94.8 Å². The highest BCUT2D eigenvalue weighted by Gasteiger charge is 2.27. The van der Waals surface area contributed by atoms with E-state index >= 15 is 0 Å². The molecule has 0 saturated carbocycles. The first-order valence-electron chi connectivity index (χ1n) is 5.95. The molecule has 1 rings (SSSR count). The Morgan fingerprint density at radius 1 is 1.47 bits per heavy atom. The molecule has 15 heavy (non-hydrogen) atoms. The molecule has 0 N–H and O–H groups in total. The van der Waals surface area contributed by atoms with Crippen LogP contribution < -0.4 is 0 Å². The molecule has 0 aromatic rings. The van der Waals surface area contributed by atoms with Crippen LogP contribution in [0.1, 0.15) is 53.4 Å². The topological polar surface area (TPSA) is 0 Å². The lowest BCUT2D eigenvalue weighted by Crippen LogP contribution is -2.20. The second-order valence-corrected chi connectivity index (χ2v) is 5.35. The van der Waals surface area contributed by atoms with Gasteiger partial charge in [0.2, 0.25) is 0 Å².